The van der Waals surface area contributed by atoms with E-state index >= 15 is 0 Å². The van der Waals surface area contributed by atoms with Crippen LogP contribution in [0.2, 0.25) is 0 Å². The normalized spacial score (nSPS) is 16.7. The number of hydrazine groups is 1. The molecule has 0 aromatic rings. The van der Waals surface area contributed by atoms with Gasteiger partial charge in [-0.15, -0.1) is 0 Å². The predicted molar refractivity (Wildman–Crippen MR) is 41.1 cm³/mol. The second kappa shape index (κ2) is 3.22. The Morgan fingerprint density at radius 3 is 2.92 bits per heavy atom. The molecule has 0 bridgehead atoms. The number of rotatable bonds is 2. The van der Waals surface area contributed by atoms with Crippen LogP contribution in [0.3, 0.4) is 0 Å². The van der Waals surface area contributed by atoms with Crippen LogP contribution >= 0.6 is 0 Å². The quantitative estimate of drug-likeness (QED) is 0.354. The van der Waals surface area contributed by atoms with Crippen molar-refractivity contribution in [3.63, 3.8) is 0 Å². The molecule has 0 aromatic heterocycles. The highest BCUT2D eigenvalue weighted by Gasteiger charge is 2.25. The van der Waals surface area contributed by atoms with E-state index in [9.17, 15) is 10.1 Å². The number of hydrogen-bond acceptors (Lipinski definition) is 5. The molecule has 0 aromatic carbocycles. The number of methoxy groups -OCH3 is 1. The van der Waals surface area contributed by atoms with Crippen molar-refractivity contribution in [2.45, 2.75) is 0 Å². The van der Waals surface area contributed by atoms with E-state index in [1.807, 2.05) is 0 Å². The second-order valence-corrected chi connectivity index (χ2v) is 2.20. The summed E-state index contributed by atoms with van der Waals surface area (Å²) in [5.74, 6) is 5.31. The van der Waals surface area contributed by atoms with Crippen LogP contribution in [0.15, 0.2) is 23.7 Å². The summed E-state index contributed by atoms with van der Waals surface area (Å²) in [4.78, 5) is 9.88. The molecule has 0 atom stereocenters. The predicted octanol–water partition coefficient (Wildman–Crippen LogP) is -0.176. The molecule has 12 heavy (non-hydrogen) atoms. The van der Waals surface area contributed by atoms with Crippen molar-refractivity contribution in [2.75, 3.05) is 13.7 Å². The highest BCUT2D eigenvalue weighted by Crippen LogP contribution is 2.14. The molecule has 0 saturated heterocycles. The van der Waals surface area contributed by atoms with Gasteiger partial charge >= 0.3 is 5.82 Å². The molecule has 6 nitrogen and oxygen atoms in total. The van der Waals surface area contributed by atoms with Crippen LogP contribution in [0.25, 0.3) is 0 Å². The van der Waals surface area contributed by atoms with Crippen LogP contribution in [0.4, 0.5) is 0 Å². The van der Waals surface area contributed by atoms with Gasteiger partial charge in [-0.3, -0.25) is 0 Å². The van der Waals surface area contributed by atoms with Crippen LogP contribution in [-0.4, -0.2) is 23.6 Å². The van der Waals surface area contributed by atoms with E-state index < -0.39 is 4.92 Å². The molecule has 2 N–H and O–H groups in total. The highest BCUT2D eigenvalue weighted by molar-refractivity contribution is 5.19. The van der Waals surface area contributed by atoms with Crippen LogP contribution in [0.1, 0.15) is 0 Å². The van der Waals surface area contributed by atoms with Crippen molar-refractivity contribution >= 4 is 0 Å². The van der Waals surface area contributed by atoms with Crippen LogP contribution in [0.5, 0.6) is 0 Å². The average Bonchev–Trinajstić information content (AvgIpc) is 2.03. The van der Waals surface area contributed by atoms with E-state index in [1.54, 1.807) is 6.08 Å². The molecule has 0 radical (unpaired) electrons. The first-order valence-electron chi connectivity index (χ1n) is 3.28. The minimum absolute atomic E-state index is 0.175. The molecule has 0 unspecified atom stereocenters. The molecule has 1 heterocycles. The molecule has 1 rings (SSSR count). The Labute approximate surface area is 69.0 Å². The molecule has 6 heteroatoms. The summed E-state index contributed by atoms with van der Waals surface area (Å²) in [6.07, 6.45) is 3.22. The zero-order valence-corrected chi connectivity index (χ0v) is 6.56. The Morgan fingerprint density at radius 1 is 1.83 bits per heavy atom. The summed E-state index contributed by atoms with van der Waals surface area (Å²) < 4.78 is 4.76. The summed E-state index contributed by atoms with van der Waals surface area (Å²) in [5, 5.41) is 11.5. The average molecular weight is 171 g/mol. The number of nitrogens with two attached hydrogens (primary N) is 1. The van der Waals surface area contributed by atoms with Gasteiger partial charge in [-0.2, -0.15) is 10.9 Å². The Kier molecular flexibility index (Phi) is 2.29. The molecule has 0 aliphatic carbocycles. The van der Waals surface area contributed by atoms with Crippen LogP contribution in [-0.2, 0) is 4.74 Å². The molecule has 1 aliphatic heterocycles. The summed E-state index contributed by atoms with van der Waals surface area (Å²) in [6, 6.07) is 0. The van der Waals surface area contributed by atoms with Gasteiger partial charge in [0.15, 0.2) is 0 Å². The Bertz CT molecular complexity index is 259. The van der Waals surface area contributed by atoms with Gasteiger partial charge in [-0.25, -0.2) is 0 Å². The maximum absolute atomic E-state index is 10.4. The topological polar surface area (TPSA) is 81.6 Å². The fourth-order valence-corrected chi connectivity index (χ4v) is 0.930. The minimum Gasteiger partial charge on any atom is -0.489 e. The minimum atomic E-state index is -0.567. The van der Waals surface area contributed by atoms with Gasteiger partial charge in [0.05, 0.1) is 7.11 Å². The van der Waals surface area contributed by atoms with Gasteiger partial charge in [-0.1, -0.05) is 0 Å². The van der Waals surface area contributed by atoms with Crippen molar-refractivity contribution in [1.82, 2.24) is 5.01 Å². The first kappa shape index (κ1) is 8.54. The third-order valence-corrected chi connectivity index (χ3v) is 1.46. The van der Waals surface area contributed by atoms with Gasteiger partial charge in [0.2, 0.25) is 5.76 Å². The molecular weight excluding hydrogens is 162 g/mol. The molecule has 1 aliphatic rings. The third kappa shape index (κ3) is 1.37. The van der Waals surface area contributed by atoms with E-state index in [-0.39, 0.29) is 11.6 Å². The van der Waals surface area contributed by atoms with Gasteiger partial charge < -0.3 is 14.9 Å². The maximum atomic E-state index is 10.4. The SMILES string of the molecule is COC1=C([N+](=O)[O-])N(N)CC=C1. The lowest BCUT2D eigenvalue weighted by atomic mass is 10.3. The molecular formula is C6H9N3O3. The number of nitro groups is 1. The lowest BCUT2D eigenvalue weighted by Gasteiger charge is -2.16. The monoisotopic (exact) mass is 171 g/mol. The molecule has 0 amide bonds. The number of nitrogens with zero attached hydrogens (tertiary/aromatic N) is 2. The first-order valence-corrected chi connectivity index (χ1v) is 3.28. The zero-order chi connectivity index (χ0) is 9.14. The van der Waals surface area contributed by atoms with Gasteiger partial charge in [0, 0.05) is 0 Å². The van der Waals surface area contributed by atoms with Crippen molar-refractivity contribution in [3.05, 3.63) is 33.8 Å². The van der Waals surface area contributed by atoms with Crippen molar-refractivity contribution in [1.29, 1.82) is 0 Å². The molecule has 0 fully saturated rings. The Morgan fingerprint density at radius 2 is 2.50 bits per heavy atom. The lowest BCUT2D eigenvalue weighted by molar-refractivity contribution is -0.449. The van der Waals surface area contributed by atoms with Crippen LogP contribution < -0.4 is 5.84 Å². The molecule has 0 spiro atoms. The number of ether oxygens (including phenoxy) is 1. The largest absolute Gasteiger partial charge is 0.489 e. The van der Waals surface area contributed by atoms with E-state index in [2.05, 4.69) is 0 Å². The summed E-state index contributed by atoms with van der Waals surface area (Å²) in [6.45, 7) is 0.323. The highest BCUT2D eigenvalue weighted by atomic mass is 16.6. The lowest BCUT2D eigenvalue weighted by Crippen LogP contribution is -2.36. The zero-order valence-electron chi connectivity index (χ0n) is 6.56. The van der Waals surface area contributed by atoms with E-state index in [4.69, 9.17) is 10.6 Å². The second-order valence-electron chi connectivity index (χ2n) is 2.20. The Balaban J connectivity index is 3.04. The number of hydrogen-bond donors (Lipinski definition) is 1. The summed E-state index contributed by atoms with van der Waals surface area (Å²) in [5.41, 5.74) is 0. The number of allylic oxidation sites excluding steroid dienone is 1. The van der Waals surface area contributed by atoms with E-state index in [0.29, 0.717) is 6.54 Å². The fraction of sp³-hybridized carbons (Fsp3) is 0.333. The van der Waals surface area contributed by atoms with Crippen LogP contribution in [0, 0.1) is 10.1 Å². The smallest absolute Gasteiger partial charge is 0.378 e. The van der Waals surface area contributed by atoms with Gasteiger partial charge in [-0.05, 0) is 17.1 Å². The van der Waals surface area contributed by atoms with Crippen molar-refractivity contribution in [3.8, 4) is 0 Å². The third-order valence-electron chi connectivity index (χ3n) is 1.46. The van der Waals surface area contributed by atoms with Crippen molar-refractivity contribution < 1.29 is 9.66 Å². The Hall–Kier alpha value is -1.56. The summed E-state index contributed by atoms with van der Waals surface area (Å²) in [7, 11) is 1.36. The summed E-state index contributed by atoms with van der Waals surface area (Å²) >= 11 is 0. The van der Waals surface area contributed by atoms with E-state index in [0.717, 1.165) is 5.01 Å². The van der Waals surface area contributed by atoms with Gasteiger partial charge in [0.25, 0.3) is 0 Å². The standard InChI is InChI=1S/C6H9N3O3/c1-12-5-3-2-4-8(7)6(5)9(10)11/h2-3H,4,7H2,1H3. The molecule has 0 saturated carbocycles. The molecule has 66 valence electrons. The van der Waals surface area contributed by atoms with E-state index in [1.165, 1.54) is 13.2 Å². The first-order chi connectivity index (χ1) is 5.66. The van der Waals surface area contributed by atoms with Crippen molar-refractivity contribution in [2.24, 2.45) is 5.84 Å². The fourth-order valence-electron chi connectivity index (χ4n) is 0.930. The van der Waals surface area contributed by atoms with Gasteiger partial charge in [0.1, 0.15) is 6.54 Å². The maximum Gasteiger partial charge on any atom is 0.378 e.